The molecule has 0 saturated carbocycles. The van der Waals surface area contributed by atoms with Crippen LogP contribution < -0.4 is 9.64 Å². The molecule has 1 N–H and O–H groups in total. The number of anilines is 1. The van der Waals surface area contributed by atoms with Gasteiger partial charge in [0.25, 0.3) is 5.91 Å². The van der Waals surface area contributed by atoms with Crippen LogP contribution in [0.15, 0.2) is 76.4 Å². The fourth-order valence-corrected chi connectivity index (χ4v) is 4.95. The van der Waals surface area contributed by atoms with E-state index in [9.17, 15) is 14.7 Å². The maximum Gasteiger partial charge on any atom is 0.296 e. The molecule has 1 amide bonds. The van der Waals surface area contributed by atoms with Crippen molar-refractivity contribution < 1.29 is 23.8 Å². The Kier molecular flexibility index (Phi) is 5.22. The number of carbonyl (C=O) groups excluding carboxylic acids is 2. The third-order valence-corrected chi connectivity index (χ3v) is 6.42. The second-order valence-electron chi connectivity index (χ2n) is 7.55. The van der Waals surface area contributed by atoms with Crippen LogP contribution >= 0.6 is 11.3 Å². The average Bonchev–Trinajstić information content (AvgIpc) is 3.50. The molecule has 1 atom stereocenters. The van der Waals surface area contributed by atoms with Gasteiger partial charge in [-0.25, -0.2) is 4.98 Å². The zero-order valence-corrected chi connectivity index (χ0v) is 18.8. The molecule has 0 bridgehead atoms. The van der Waals surface area contributed by atoms with Gasteiger partial charge in [0.2, 0.25) is 5.78 Å². The second-order valence-corrected chi connectivity index (χ2v) is 8.56. The highest BCUT2D eigenvalue weighted by molar-refractivity contribution is 7.22. The lowest BCUT2D eigenvalue weighted by Crippen LogP contribution is -2.30. The fraction of sp³-hybridized carbons (Fsp3) is 0.160. The van der Waals surface area contributed by atoms with Crippen LogP contribution in [0.1, 0.15) is 34.8 Å². The third-order valence-electron chi connectivity index (χ3n) is 5.40. The summed E-state index contributed by atoms with van der Waals surface area (Å²) >= 11 is 1.29. The van der Waals surface area contributed by atoms with Crippen molar-refractivity contribution in [2.24, 2.45) is 0 Å². The first-order valence-electron chi connectivity index (χ1n) is 10.4. The third kappa shape index (κ3) is 3.58. The number of hydrogen-bond donors (Lipinski definition) is 1. The van der Waals surface area contributed by atoms with Gasteiger partial charge in [0.15, 0.2) is 16.7 Å². The molecule has 7 nitrogen and oxygen atoms in total. The Morgan fingerprint density at radius 2 is 1.97 bits per heavy atom. The Bertz CT molecular complexity index is 1400. The molecular formula is C25H20N2O5S. The molecule has 0 aliphatic carbocycles. The van der Waals surface area contributed by atoms with Crippen molar-refractivity contribution in [1.82, 2.24) is 4.98 Å². The number of aryl methyl sites for hydroxylation is 1. The highest BCUT2D eigenvalue weighted by atomic mass is 32.1. The smallest absolute Gasteiger partial charge is 0.296 e. The van der Waals surface area contributed by atoms with Gasteiger partial charge in [-0.15, -0.1) is 0 Å². The second kappa shape index (κ2) is 8.22. The normalized spacial score (nSPS) is 16.1. The van der Waals surface area contributed by atoms with Gasteiger partial charge < -0.3 is 14.3 Å². The minimum atomic E-state index is -0.844. The topological polar surface area (TPSA) is 92.9 Å². The van der Waals surface area contributed by atoms with Crippen LogP contribution in [0.4, 0.5) is 5.13 Å². The predicted octanol–water partition coefficient (Wildman–Crippen LogP) is 5.38. The lowest BCUT2D eigenvalue weighted by Gasteiger charge is -2.24. The van der Waals surface area contributed by atoms with Gasteiger partial charge in [0.05, 0.1) is 28.4 Å². The predicted molar refractivity (Wildman–Crippen MR) is 125 cm³/mol. The number of aromatic nitrogens is 1. The van der Waals surface area contributed by atoms with Crippen LogP contribution in [-0.2, 0) is 4.79 Å². The van der Waals surface area contributed by atoms with E-state index in [0.29, 0.717) is 34.3 Å². The molecule has 2 aromatic heterocycles. The zero-order chi connectivity index (χ0) is 23.1. The van der Waals surface area contributed by atoms with Crippen molar-refractivity contribution in [2.45, 2.75) is 19.9 Å². The number of fused-ring (bicyclic) bond motifs is 1. The molecule has 0 fully saturated rings. The maximum atomic E-state index is 13.3. The summed E-state index contributed by atoms with van der Waals surface area (Å²) in [6.45, 7) is 4.17. The Morgan fingerprint density at radius 1 is 1.18 bits per heavy atom. The van der Waals surface area contributed by atoms with E-state index in [1.165, 1.54) is 16.2 Å². The maximum absolute atomic E-state index is 13.3. The number of thiazole rings is 1. The number of aliphatic hydroxyl groups is 1. The molecule has 33 heavy (non-hydrogen) atoms. The molecule has 2 aromatic carbocycles. The summed E-state index contributed by atoms with van der Waals surface area (Å²) in [5.74, 6) is -0.484. The fourth-order valence-electron chi connectivity index (χ4n) is 3.93. The van der Waals surface area contributed by atoms with Crippen LogP contribution in [0.3, 0.4) is 0 Å². The number of benzene rings is 2. The van der Waals surface area contributed by atoms with Crippen molar-refractivity contribution in [3.8, 4) is 5.75 Å². The molecule has 166 valence electrons. The van der Waals surface area contributed by atoms with Crippen molar-refractivity contribution in [2.75, 3.05) is 11.5 Å². The van der Waals surface area contributed by atoms with Gasteiger partial charge in [-0.3, -0.25) is 14.5 Å². The summed E-state index contributed by atoms with van der Waals surface area (Å²) < 4.78 is 11.9. The highest BCUT2D eigenvalue weighted by Gasteiger charge is 2.46. The molecule has 1 aliphatic heterocycles. The number of amides is 1. The van der Waals surface area contributed by atoms with E-state index >= 15 is 0 Å². The quantitative estimate of drug-likeness (QED) is 0.389. The molecule has 0 radical (unpaired) electrons. The minimum Gasteiger partial charge on any atom is -0.503 e. The Hall–Kier alpha value is -3.91. The molecular weight excluding hydrogens is 440 g/mol. The monoisotopic (exact) mass is 460 g/mol. The first-order valence-corrected chi connectivity index (χ1v) is 11.3. The van der Waals surface area contributed by atoms with Crippen molar-refractivity contribution in [3.63, 3.8) is 0 Å². The summed E-state index contributed by atoms with van der Waals surface area (Å²) in [7, 11) is 0. The molecule has 5 rings (SSSR count). The van der Waals surface area contributed by atoms with E-state index < -0.39 is 23.5 Å². The van der Waals surface area contributed by atoms with Gasteiger partial charge in [0, 0.05) is 0 Å². The van der Waals surface area contributed by atoms with Gasteiger partial charge in [-0.1, -0.05) is 41.7 Å². The molecule has 0 saturated heterocycles. The van der Waals surface area contributed by atoms with E-state index in [2.05, 4.69) is 4.98 Å². The van der Waals surface area contributed by atoms with E-state index in [1.54, 1.807) is 19.1 Å². The van der Waals surface area contributed by atoms with E-state index in [4.69, 9.17) is 9.15 Å². The average molecular weight is 461 g/mol. The van der Waals surface area contributed by atoms with Crippen LogP contribution in [0.25, 0.3) is 10.2 Å². The number of ether oxygens (including phenoxy) is 1. The Morgan fingerprint density at radius 3 is 2.67 bits per heavy atom. The van der Waals surface area contributed by atoms with E-state index in [-0.39, 0.29) is 11.3 Å². The summed E-state index contributed by atoms with van der Waals surface area (Å²) in [4.78, 5) is 32.6. The molecule has 0 spiro atoms. The lowest BCUT2D eigenvalue weighted by atomic mass is 9.95. The van der Waals surface area contributed by atoms with Crippen molar-refractivity contribution in [1.29, 1.82) is 0 Å². The lowest BCUT2D eigenvalue weighted by molar-refractivity contribution is -0.117. The van der Waals surface area contributed by atoms with Gasteiger partial charge in [-0.2, -0.15) is 0 Å². The number of carbonyl (C=O) groups is 2. The number of rotatable bonds is 6. The van der Waals surface area contributed by atoms with Crippen LogP contribution in [0, 0.1) is 6.92 Å². The highest BCUT2D eigenvalue weighted by Crippen LogP contribution is 2.44. The Balaban J connectivity index is 1.63. The van der Waals surface area contributed by atoms with Crippen LogP contribution in [-0.4, -0.2) is 28.4 Å². The van der Waals surface area contributed by atoms with Gasteiger partial charge in [-0.05, 0) is 49.7 Å². The van der Waals surface area contributed by atoms with Gasteiger partial charge >= 0.3 is 0 Å². The van der Waals surface area contributed by atoms with E-state index in [0.717, 1.165) is 4.70 Å². The largest absolute Gasteiger partial charge is 0.503 e. The molecule has 8 heteroatoms. The summed E-state index contributed by atoms with van der Waals surface area (Å²) in [6.07, 6.45) is 0. The van der Waals surface area contributed by atoms with Gasteiger partial charge in [0.1, 0.15) is 11.5 Å². The van der Waals surface area contributed by atoms with Crippen molar-refractivity contribution in [3.05, 3.63) is 89.1 Å². The van der Waals surface area contributed by atoms with Crippen molar-refractivity contribution >= 4 is 38.4 Å². The van der Waals surface area contributed by atoms with Crippen LogP contribution in [0.2, 0.25) is 0 Å². The molecule has 0 unspecified atom stereocenters. The number of aliphatic hydroxyl groups excluding tert-OH is 1. The Labute approximate surface area is 193 Å². The zero-order valence-electron chi connectivity index (χ0n) is 17.9. The SMILES string of the molecule is CCOc1ccc2nc(N3C(=O)C(O)=C(C(=O)c4ccc(C)o4)[C@H]3c3ccccc3)sc2c1. The summed E-state index contributed by atoms with van der Waals surface area (Å²) in [5.41, 5.74) is 1.34. The summed E-state index contributed by atoms with van der Waals surface area (Å²) in [6, 6.07) is 17.0. The number of nitrogens with zero attached hydrogens (tertiary/aromatic N) is 2. The van der Waals surface area contributed by atoms with E-state index in [1.807, 2.05) is 55.5 Å². The molecule has 4 aromatic rings. The summed E-state index contributed by atoms with van der Waals surface area (Å²) in [5, 5.41) is 11.2. The molecule has 3 heterocycles. The number of Topliss-reactive ketones (excluding diaryl/α,β-unsaturated/α-hetero) is 1. The number of ketones is 1. The molecule has 1 aliphatic rings. The van der Waals surface area contributed by atoms with Crippen LogP contribution in [0.5, 0.6) is 5.75 Å². The number of furan rings is 1. The first kappa shape index (κ1) is 21.0. The minimum absolute atomic E-state index is 0.0326. The standard InChI is InChI=1S/C25H20N2O5S/c1-3-31-16-10-11-17-19(13-16)33-25(26-17)27-21(15-7-5-4-6-8-15)20(23(29)24(27)30)22(28)18-12-9-14(2)32-18/h4-13,21,29H,3H2,1-2H3/t21-/m1/s1. The first-order chi connectivity index (χ1) is 16.0. The number of hydrogen-bond acceptors (Lipinski definition) is 7.